The van der Waals surface area contributed by atoms with Gasteiger partial charge in [-0.1, -0.05) is 18.5 Å². The predicted octanol–water partition coefficient (Wildman–Crippen LogP) is 1.98. The first kappa shape index (κ1) is 12.5. The van der Waals surface area contributed by atoms with Crippen LogP contribution in [0, 0.1) is 0 Å². The summed E-state index contributed by atoms with van der Waals surface area (Å²) in [7, 11) is 0. The molecule has 1 fully saturated rings. The van der Waals surface area contributed by atoms with Gasteiger partial charge in [0.25, 0.3) is 5.91 Å². The molecule has 0 aromatic carbocycles. The lowest BCUT2D eigenvalue weighted by Gasteiger charge is -2.11. The van der Waals surface area contributed by atoms with E-state index in [1.807, 2.05) is 11.5 Å². The molecule has 4 nitrogen and oxygen atoms in total. The lowest BCUT2D eigenvalue weighted by Crippen LogP contribution is -2.32. The monoisotopic (exact) mass is 256 g/mol. The number of aliphatic hydroxyl groups is 1. The van der Waals surface area contributed by atoms with Crippen molar-refractivity contribution in [1.29, 1.82) is 0 Å². The van der Waals surface area contributed by atoms with E-state index in [2.05, 4.69) is 5.32 Å². The lowest BCUT2D eigenvalue weighted by molar-refractivity contribution is 0.0904. The topological polar surface area (TPSA) is 54.3 Å². The lowest BCUT2D eigenvalue weighted by atomic mass is 10.3. The van der Waals surface area contributed by atoms with E-state index in [1.165, 1.54) is 0 Å². The van der Waals surface area contributed by atoms with Crippen molar-refractivity contribution < 1.29 is 9.90 Å². The molecule has 1 atom stereocenters. The summed E-state index contributed by atoms with van der Waals surface area (Å²) >= 11 is 5.92. The van der Waals surface area contributed by atoms with Gasteiger partial charge in [0.2, 0.25) is 0 Å². The summed E-state index contributed by atoms with van der Waals surface area (Å²) in [5.41, 5.74) is 0.584. The van der Waals surface area contributed by atoms with Gasteiger partial charge in [0.1, 0.15) is 5.69 Å². The molecule has 0 radical (unpaired) electrons. The molecule has 1 aromatic rings. The minimum absolute atomic E-state index is 0.170. The second-order valence-electron chi connectivity index (χ2n) is 4.45. The fourth-order valence-electron chi connectivity index (χ4n) is 1.73. The van der Waals surface area contributed by atoms with Crippen LogP contribution in [0.4, 0.5) is 0 Å². The van der Waals surface area contributed by atoms with Crippen LogP contribution < -0.4 is 5.32 Å². The molecule has 0 bridgehead atoms. The Balaban J connectivity index is 2.03. The van der Waals surface area contributed by atoms with Gasteiger partial charge in [-0.15, -0.1) is 0 Å². The van der Waals surface area contributed by atoms with Gasteiger partial charge in [0, 0.05) is 18.8 Å². The molecule has 1 aromatic heterocycles. The zero-order valence-electron chi connectivity index (χ0n) is 9.82. The van der Waals surface area contributed by atoms with Crippen molar-refractivity contribution >= 4 is 17.5 Å². The van der Waals surface area contributed by atoms with Crippen molar-refractivity contribution in [2.75, 3.05) is 6.54 Å². The Kier molecular flexibility index (Phi) is 3.74. The highest BCUT2D eigenvalue weighted by Gasteiger charge is 2.27. The Labute approximate surface area is 106 Å². The number of aliphatic hydroxyl groups excluding tert-OH is 1. The predicted molar refractivity (Wildman–Crippen MR) is 66.3 cm³/mol. The largest absolute Gasteiger partial charge is 0.391 e. The fourth-order valence-corrected chi connectivity index (χ4v) is 1.94. The maximum Gasteiger partial charge on any atom is 0.268 e. The fraction of sp³-hybridized carbons (Fsp3) is 0.583. The molecule has 2 N–H and O–H groups in total. The maximum absolute atomic E-state index is 11.9. The molecule has 1 amide bonds. The van der Waals surface area contributed by atoms with E-state index in [9.17, 15) is 9.90 Å². The highest BCUT2D eigenvalue weighted by molar-refractivity contribution is 6.31. The summed E-state index contributed by atoms with van der Waals surface area (Å²) in [6.45, 7) is 2.16. The van der Waals surface area contributed by atoms with Crippen LogP contribution in [0.25, 0.3) is 0 Å². The van der Waals surface area contributed by atoms with Crippen LogP contribution >= 0.6 is 11.6 Å². The van der Waals surface area contributed by atoms with E-state index in [0.29, 0.717) is 23.2 Å². The number of aromatic nitrogens is 1. The standard InChI is InChI=1S/C12H17ClN2O2/c1-2-10(16)6-14-12(17)11-5-8(13)7-15(11)9-3-4-9/h5,7,9-10,16H,2-4,6H2,1H3,(H,14,17). The first-order valence-corrected chi connectivity index (χ1v) is 6.33. The average molecular weight is 257 g/mol. The second kappa shape index (κ2) is 5.10. The van der Waals surface area contributed by atoms with Gasteiger partial charge in [-0.05, 0) is 25.3 Å². The van der Waals surface area contributed by atoms with E-state index in [-0.39, 0.29) is 12.5 Å². The van der Waals surface area contributed by atoms with Crippen molar-refractivity contribution in [1.82, 2.24) is 9.88 Å². The normalized spacial score (nSPS) is 16.9. The summed E-state index contributed by atoms with van der Waals surface area (Å²) in [6.07, 6.45) is 4.14. The van der Waals surface area contributed by atoms with Crippen molar-refractivity contribution in [2.24, 2.45) is 0 Å². The van der Waals surface area contributed by atoms with E-state index in [1.54, 1.807) is 12.3 Å². The van der Waals surface area contributed by atoms with Crippen LogP contribution in [0.15, 0.2) is 12.3 Å². The van der Waals surface area contributed by atoms with Gasteiger partial charge in [-0.25, -0.2) is 0 Å². The summed E-state index contributed by atoms with van der Waals surface area (Å²) < 4.78 is 1.93. The Bertz CT molecular complexity index is 413. The molecule has 94 valence electrons. The highest BCUT2D eigenvalue weighted by atomic mass is 35.5. The molecule has 0 saturated heterocycles. The van der Waals surface area contributed by atoms with E-state index >= 15 is 0 Å². The number of hydrogen-bond donors (Lipinski definition) is 2. The average Bonchev–Trinajstić information content (AvgIpc) is 3.09. The minimum atomic E-state index is -0.487. The summed E-state index contributed by atoms with van der Waals surface area (Å²) in [5.74, 6) is -0.170. The van der Waals surface area contributed by atoms with Gasteiger partial charge < -0.3 is 15.0 Å². The molecule has 1 aliphatic rings. The summed E-state index contributed by atoms with van der Waals surface area (Å²) in [5, 5.41) is 12.7. The molecule has 5 heteroatoms. The van der Waals surface area contributed by atoms with Gasteiger partial charge in [0.15, 0.2) is 0 Å². The van der Waals surface area contributed by atoms with Gasteiger partial charge in [-0.3, -0.25) is 4.79 Å². The van der Waals surface area contributed by atoms with Crippen molar-refractivity contribution in [3.05, 3.63) is 23.0 Å². The Morgan fingerprint density at radius 1 is 1.71 bits per heavy atom. The van der Waals surface area contributed by atoms with Crippen LogP contribution in [0.3, 0.4) is 0 Å². The molecule has 0 spiro atoms. The van der Waals surface area contributed by atoms with Crippen molar-refractivity contribution in [3.8, 4) is 0 Å². The Hall–Kier alpha value is -1.00. The molecule has 1 heterocycles. The zero-order valence-corrected chi connectivity index (χ0v) is 10.6. The van der Waals surface area contributed by atoms with Crippen LogP contribution in [0.2, 0.25) is 5.02 Å². The van der Waals surface area contributed by atoms with E-state index < -0.39 is 6.10 Å². The number of nitrogens with zero attached hydrogens (tertiary/aromatic N) is 1. The van der Waals surface area contributed by atoms with Crippen LogP contribution in [-0.2, 0) is 0 Å². The SMILES string of the molecule is CCC(O)CNC(=O)c1cc(Cl)cn1C1CC1. The number of carbonyl (C=O) groups is 1. The maximum atomic E-state index is 11.9. The van der Waals surface area contributed by atoms with Crippen molar-refractivity contribution in [3.63, 3.8) is 0 Å². The number of halogens is 1. The zero-order chi connectivity index (χ0) is 12.4. The summed E-state index contributed by atoms with van der Waals surface area (Å²) in [6, 6.07) is 2.09. The molecular formula is C12H17ClN2O2. The smallest absolute Gasteiger partial charge is 0.268 e. The third kappa shape index (κ3) is 3.01. The van der Waals surface area contributed by atoms with Gasteiger partial charge >= 0.3 is 0 Å². The molecule has 1 unspecified atom stereocenters. The molecule has 0 aliphatic heterocycles. The van der Waals surface area contributed by atoms with Crippen LogP contribution in [0.1, 0.15) is 42.7 Å². The number of nitrogens with one attached hydrogen (secondary N) is 1. The number of carbonyl (C=O) groups excluding carboxylic acids is 1. The minimum Gasteiger partial charge on any atom is -0.391 e. The Morgan fingerprint density at radius 3 is 3.00 bits per heavy atom. The third-order valence-corrected chi connectivity index (χ3v) is 3.16. The quantitative estimate of drug-likeness (QED) is 0.846. The first-order chi connectivity index (χ1) is 8.11. The van der Waals surface area contributed by atoms with Gasteiger partial charge in [0.05, 0.1) is 11.1 Å². The molecular weight excluding hydrogens is 240 g/mol. The molecule has 1 saturated carbocycles. The van der Waals surface area contributed by atoms with Crippen LogP contribution in [-0.4, -0.2) is 28.2 Å². The second-order valence-corrected chi connectivity index (χ2v) is 4.89. The molecule has 17 heavy (non-hydrogen) atoms. The first-order valence-electron chi connectivity index (χ1n) is 5.95. The number of rotatable bonds is 5. The van der Waals surface area contributed by atoms with Crippen molar-refractivity contribution in [2.45, 2.75) is 38.3 Å². The highest BCUT2D eigenvalue weighted by Crippen LogP contribution is 2.37. The molecule has 1 aliphatic carbocycles. The number of amides is 1. The van der Waals surface area contributed by atoms with E-state index in [4.69, 9.17) is 11.6 Å². The Morgan fingerprint density at radius 2 is 2.41 bits per heavy atom. The van der Waals surface area contributed by atoms with Gasteiger partial charge in [-0.2, -0.15) is 0 Å². The summed E-state index contributed by atoms with van der Waals surface area (Å²) in [4.78, 5) is 11.9. The van der Waals surface area contributed by atoms with Crippen LogP contribution in [0.5, 0.6) is 0 Å². The number of hydrogen-bond acceptors (Lipinski definition) is 2. The van der Waals surface area contributed by atoms with E-state index in [0.717, 1.165) is 12.8 Å². The molecule has 2 rings (SSSR count). The third-order valence-electron chi connectivity index (χ3n) is 2.96.